The number of hydrogen-bond acceptors (Lipinski definition) is 3. The monoisotopic (exact) mass is 330 g/mol. The average molecular weight is 331 g/mol. The fourth-order valence-electron chi connectivity index (χ4n) is 2.22. The van der Waals surface area contributed by atoms with Gasteiger partial charge >= 0.3 is 0 Å². The van der Waals surface area contributed by atoms with Crippen LogP contribution in [0.5, 0.6) is 0 Å². The van der Waals surface area contributed by atoms with Crippen LogP contribution in [0.4, 0.5) is 4.39 Å². The predicted octanol–water partition coefficient (Wildman–Crippen LogP) is 2.40. The van der Waals surface area contributed by atoms with Crippen LogP contribution in [0.3, 0.4) is 0 Å². The van der Waals surface area contributed by atoms with E-state index in [1.165, 1.54) is 6.07 Å². The highest BCUT2D eigenvalue weighted by Crippen LogP contribution is 2.15. The van der Waals surface area contributed by atoms with Gasteiger partial charge < -0.3 is 10.1 Å². The fraction of sp³-hybridized carbons (Fsp3) is 0.571. The number of ether oxygens (including phenoxy) is 1. The first-order chi connectivity index (χ1) is 9.19. The lowest BCUT2D eigenvalue weighted by Crippen LogP contribution is -2.46. The summed E-state index contributed by atoms with van der Waals surface area (Å²) in [6.07, 6.45) is 0.201. The molecule has 1 N–H and O–H groups in total. The summed E-state index contributed by atoms with van der Waals surface area (Å²) in [5.41, 5.74) is 0.686. The normalized spacial score (nSPS) is 20.7. The summed E-state index contributed by atoms with van der Waals surface area (Å²) in [5, 5.41) is 3.27. The first-order valence-electron chi connectivity index (χ1n) is 6.67. The third-order valence-corrected chi connectivity index (χ3v) is 3.87. The van der Waals surface area contributed by atoms with Crippen LogP contribution < -0.4 is 5.32 Å². The second-order valence-corrected chi connectivity index (χ2v) is 5.67. The highest BCUT2D eigenvalue weighted by Gasteiger charge is 2.18. The van der Waals surface area contributed by atoms with Crippen molar-refractivity contribution >= 4 is 15.9 Å². The van der Waals surface area contributed by atoms with Gasteiger partial charge in [0.1, 0.15) is 5.82 Å². The Hall–Kier alpha value is -0.490. The van der Waals surface area contributed by atoms with Gasteiger partial charge in [0, 0.05) is 36.2 Å². The van der Waals surface area contributed by atoms with Crippen LogP contribution in [0.15, 0.2) is 22.7 Å². The molecule has 0 bridgehead atoms. The van der Waals surface area contributed by atoms with Crippen molar-refractivity contribution in [2.24, 2.45) is 0 Å². The van der Waals surface area contributed by atoms with Crippen molar-refractivity contribution in [3.63, 3.8) is 0 Å². The topological polar surface area (TPSA) is 24.5 Å². The van der Waals surface area contributed by atoms with Gasteiger partial charge in [0.2, 0.25) is 0 Å². The molecule has 0 amide bonds. The van der Waals surface area contributed by atoms with Crippen LogP contribution >= 0.6 is 15.9 Å². The smallest absolute Gasteiger partial charge is 0.128 e. The molecular weight excluding hydrogens is 311 g/mol. The summed E-state index contributed by atoms with van der Waals surface area (Å²) >= 11 is 3.26. The molecule has 1 aromatic rings. The van der Waals surface area contributed by atoms with E-state index in [0.717, 1.165) is 37.3 Å². The van der Waals surface area contributed by atoms with Crippen LogP contribution in [-0.4, -0.2) is 43.8 Å². The number of likely N-dealkylation sites (N-methyl/N-ethyl adjacent to an activating group) is 1. The Morgan fingerprint density at radius 3 is 3.11 bits per heavy atom. The van der Waals surface area contributed by atoms with Crippen molar-refractivity contribution in [3.05, 3.63) is 34.1 Å². The van der Waals surface area contributed by atoms with E-state index in [1.54, 1.807) is 6.07 Å². The van der Waals surface area contributed by atoms with E-state index in [0.29, 0.717) is 12.1 Å². The van der Waals surface area contributed by atoms with Crippen molar-refractivity contribution < 1.29 is 9.13 Å². The van der Waals surface area contributed by atoms with Gasteiger partial charge in [-0.2, -0.15) is 0 Å². The molecule has 1 saturated heterocycles. The van der Waals surface area contributed by atoms with Crippen molar-refractivity contribution in [3.8, 4) is 0 Å². The maximum absolute atomic E-state index is 13.6. The Labute approximate surface area is 122 Å². The molecule has 5 heteroatoms. The number of benzene rings is 1. The zero-order valence-electron chi connectivity index (χ0n) is 11.2. The maximum atomic E-state index is 13.6. The highest BCUT2D eigenvalue weighted by molar-refractivity contribution is 9.10. The Kier molecular flexibility index (Phi) is 5.76. The molecule has 0 aromatic heterocycles. The number of hydrogen-bond donors (Lipinski definition) is 1. The lowest BCUT2D eigenvalue weighted by Gasteiger charge is -2.32. The minimum absolute atomic E-state index is 0.179. The molecule has 1 atom stereocenters. The minimum atomic E-state index is -0.179. The second kappa shape index (κ2) is 7.33. The fourth-order valence-corrected chi connectivity index (χ4v) is 2.56. The Balaban J connectivity index is 1.76. The van der Waals surface area contributed by atoms with Crippen molar-refractivity contribution in [1.82, 2.24) is 10.2 Å². The minimum Gasteiger partial charge on any atom is -0.374 e. The molecule has 0 aliphatic carbocycles. The van der Waals surface area contributed by atoms with Gasteiger partial charge in [0.25, 0.3) is 0 Å². The largest absolute Gasteiger partial charge is 0.374 e. The molecule has 1 heterocycles. The summed E-state index contributed by atoms with van der Waals surface area (Å²) < 4.78 is 20.1. The Morgan fingerprint density at radius 2 is 2.37 bits per heavy atom. The van der Waals surface area contributed by atoms with Gasteiger partial charge in [0.05, 0.1) is 12.7 Å². The van der Waals surface area contributed by atoms with Gasteiger partial charge in [-0.3, -0.25) is 4.90 Å². The highest BCUT2D eigenvalue weighted by atomic mass is 79.9. The first kappa shape index (κ1) is 14.9. The van der Waals surface area contributed by atoms with E-state index in [9.17, 15) is 4.39 Å². The van der Waals surface area contributed by atoms with Crippen LogP contribution in [0.25, 0.3) is 0 Å². The average Bonchev–Trinajstić information content (AvgIpc) is 2.41. The maximum Gasteiger partial charge on any atom is 0.128 e. The third kappa shape index (κ3) is 4.53. The lowest BCUT2D eigenvalue weighted by molar-refractivity contribution is -0.0254. The zero-order valence-corrected chi connectivity index (χ0v) is 12.7. The number of nitrogens with zero attached hydrogens (tertiary/aromatic N) is 1. The van der Waals surface area contributed by atoms with Crippen LogP contribution in [0, 0.1) is 5.82 Å². The zero-order chi connectivity index (χ0) is 13.7. The SMILES string of the molecule is CCN1CCOC(CNCc2ccc(Br)cc2F)C1. The third-order valence-electron chi connectivity index (χ3n) is 3.37. The quantitative estimate of drug-likeness (QED) is 0.897. The molecule has 1 aliphatic heterocycles. The molecule has 106 valence electrons. The molecule has 2 rings (SSSR count). The molecule has 19 heavy (non-hydrogen) atoms. The lowest BCUT2D eigenvalue weighted by atomic mass is 10.2. The molecule has 0 spiro atoms. The molecule has 1 unspecified atom stereocenters. The Bertz CT molecular complexity index is 416. The van der Waals surface area contributed by atoms with E-state index in [1.807, 2.05) is 6.07 Å². The molecule has 1 fully saturated rings. The summed E-state index contributed by atoms with van der Waals surface area (Å²) in [7, 11) is 0. The van der Waals surface area contributed by atoms with Crippen molar-refractivity contribution in [2.75, 3.05) is 32.8 Å². The van der Waals surface area contributed by atoms with E-state index in [4.69, 9.17) is 4.74 Å². The van der Waals surface area contributed by atoms with Gasteiger partial charge in [-0.05, 0) is 18.7 Å². The summed E-state index contributed by atoms with van der Waals surface area (Å²) in [5.74, 6) is -0.179. The first-order valence-corrected chi connectivity index (χ1v) is 7.47. The van der Waals surface area contributed by atoms with Crippen molar-refractivity contribution in [1.29, 1.82) is 0 Å². The molecule has 3 nitrogen and oxygen atoms in total. The summed E-state index contributed by atoms with van der Waals surface area (Å²) in [6.45, 7) is 7.25. The van der Waals surface area contributed by atoms with E-state index < -0.39 is 0 Å². The van der Waals surface area contributed by atoms with Gasteiger partial charge in [-0.1, -0.05) is 28.9 Å². The molecular formula is C14H20BrFN2O. The summed E-state index contributed by atoms with van der Waals surface area (Å²) in [6, 6.07) is 5.15. The van der Waals surface area contributed by atoms with Crippen LogP contribution in [-0.2, 0) is 11.3 Å². The number of nitrogens with one attached hydrogen (secondary N) is 1. The molecule has 1 aromatic carbocycles. The molecule has 0 radical (unpaired) electrons. The number of morpholine rings is 1. The van der Waals surface area contributed by atoms with Gasteiger partial charge in [-0.15, -0.1) is 0 Å². The standard InChI is InChI=1S/C14H20BrFN2O/c1-2-18-5-6-19-13(10-18)9-17-8-11-3-4-12(15)7-14(11)16/h3-4,7,13,17H,2,5-6,8-10H2,1H3. The van der Waals surface area contributed by atoms with E-state index in [-0.39, 0.29) is 11.9 Å². The molecule has 0 saturated carbocycles. The second-order valence-electron chi connectivity index (χ2n) is 4.75. The number of rotatable bonds is 5. The Morgan fingerprint density at radius 1 is 1.53 bits per heavy atom. The summed E-state index contributed by atoms with van der Waals surface area (Å²) in [4.78, 5) is 2.37. The molecule has 1 aliphatic rings. The van der Waals surface area contributed by atoms with Crippen LogP contribution in [0.1, 0.15) is 12.5 Å². The van der Waals surface area contributed by atoms with E-state index >= 15 is 0 Å². The van der Waals surface area contributed by atoms with Crippen molar-refractivity contribution in [2.45, 2.75) is 19.6 Å². The number of halogens is 2. The van der Waals surface area contributed by atoms with Crippen LogP contribution in [0.2, 0.25) is 0 Å². The van der Waals surface area contributed by atoms with Gasteiger partial charge in [0.15, 0.2) is 0 Å². The van der Waals surface area contributed by atoms with E-state index in [2.05, 4.69) is 33.1 Å². The van der Waals surface area contributed by atoms with Gasteiger partial charge in [-0.25, -0.2) is 4.39 Å². The predicted molar refractivity (Wildman–Crippen MR) is 77.7 cm³/mol.